The second-order valence-corrected chi connectivity index (χ2v) is 16.3. The standard InChI is InChI=1S/C40H44ClN9O10S.2C2HF3O2/c1-21(51)34(44)37(55)47-13-11-31(53)58-19-28(60-32(54)12-14-48-38(56)35(45)22(2)52)18-57-27-9-5-23(6-10-27)33-29(15-42)36(46)50-40(30(33)16-43)61-20-26-17-59-39(49-26)24-3-7-25(41)8-4-24;2*3-2(4,5)1(6)7/h3-10,17,21-22,28,34-35,51-52H,11-14,18-20,44-45H2,1-2H3,(H2,46,50)(H,47,55)(H,48,56);2*(H,6,7)/t21-,22-,28+,34+,35+;;/m1../s1. The number of halogens is 7. The molecule has 0 bridgehead atoms. The Bertz CT molecular complexity index is 2660. The molecule has 2 amide bonds. The fourth-order valence-corrected chi connectivity index (χ4v) is 6.21. The first-order valence-corrected chi connectivity index (χ1v) is 22.4. The average molecular weight is 1110 g/mol. The second kappa shape index (κ2) is 29.8. The highest BCUT2D eigenvalue weighted by atomic mass is 35.5. The molecule has 0 spiro atoms. The van der Waals surface area contributed by atoms with Gasteiger partial charge in [0.15, 0.2) is 6.10 Å². The molecule has 0 saturated heterocycles. The molecule has 4 aromatic rings. The number of nitrogens with one attached hydrogen (secondary N) is 2. The van der Waals surface area contributed by atoms with Crippen LogP contribution in [-0.4, -0.2) is 135 Å². The van der Waals surface area contributed by atoms with Gasteiger partial charge in [-0.2, -0.15) is 36.9 Å². The van der Waals surface area contributed by atoms with Crippen molar-refractivity contribution >= 4 is 64.9 Å². The van der Waals surface area contributed by atoms with E-state index in [9.17, 15) is 66.3 Å². The molecule has 0 aliphatic carbocycles. The van der Waals surface area contributed by atoms with Crippen LogP contribution in [0.1, 0.15) is 43.5 Å². The Morgan fingerprint density at radius 2 is 1.25 bits per heavy atom. The summed E-state index contributed by atoms with van der Waals surface area (Å²) in [7, 11) is 0. The van der Waals surface area contributed by atoms with Crippen molar-refractivity contribution in [2.75, 3.05) is 32.0 Å². The van der Waals surface area contributed by atoms with Gasteiger partial charge < -0.3 is 66.9 Å². The first-order valence-electron chi connectivity index (χ1n) is 21.1. The average Bonchev–Trinajstić information content (AvgIpc) is 3.82. The van der Waals surface area contributed by atoms with Crippen LogP contribution in [-0.2, 0) is 44.0 Å². The number of thioether (sulfide) groups is 1. The molecule has 31 heteroatoms. The minimum Gasteiger partial charge on any atom is -0.490 e. The molecular formula is C44H46ClF6N9O14S. The molecule has 12 N–H and O–H groups in total. The van der Waals surface area contributed by atoms with Crippen LogP contribution < -0.4 is 32.6 Å². The zero-order valence-corrected chi connectivity index (χ0v) is 40.6. The van der Waals surface area contributed by atoms with Crippen LogP contribution in [0.3, 0.4) is 0 Å². The number of hydrogen-bond acceptors (Lipinski definition) is 20. The van der Waals surface area contributed by atoms with Crippen LogP contribution in [0.25, 0.3) is 22.6 Å². The van der Waals surface area contributed by atoms with Crippen LogP contribution in [0, 0.1) is 22.7 Å². The number of carboxylic acid groups (broad SMARTS) is 2. The van der Waals surface area contributed by atoms with Crippen molar-refractivity contribution in [1.82, 2.24) is 20.6 Å². The lowest BCUT2D eigenvalue weighted by Gasteiger charge is -2.20. The van der Waals surface area contributed by atoms with E-state index in [4.69, 9.17) is 67.2 Å². The number of pyridine rings is 1. The highest BCUT2D eigenvalue weighted by Crippen LogP contribution is 2.37. The lowest BCUT2D eigenvalue weighted by Crippen LogP contribution is -2.47. The van der Waals surface area contributed by atoms with E-state index in [2.05, 4.69) is 26.7 Å². The van der Waals surface area contributed by atoms with E-state index in [-0.39, 0.29) is 71.6 Å². The number of nitriles is 2. The number of amides is 2. The minimum atomic E-state index is -5.08. The molecule has 0 aliphatic heterocycles. The molecule has 0 unspecified atom stereocenters. The summed E-state index contributed by atoms with van der Waals surface area (Å²) in [6, 6.07) is 15.0. The Morgan fingerprint density at radius 1 is 0.773 bits per heavy atom. The predicted molar refractivity (Wildman–Crippen MR) is 248 cm³/mol. The number of nitrogen functional groups attached to an aromatic ring is 1. The summed E-state index contributed by atoms with van der Waals surface area (Å²) in [5, 5.41) is 59.2. The Morgan fingerprint density at radius 3 is 1.72 bits per heavy atom. The van der Waals surface area contributed by atoms with Crippen molar-refractivity contribution in [3.8, 4) is 40.5 Å². The van der Waals surface area contributed by atoms with Crippen molar-refractivity contribution in [1.29, 1.82) is 10.5 Å². The molecule has 23 nitrogen and oxygen atoms in total. The van der Waals surface area contributed by atoms with E-state index < -0.39 is 85.0 Å². The molecule has 5 atom stereocenters. The molecular weight excluding hydrogens is 1060 g/mol. The third kappa shape index (κ3) is 21.7. The number of anilines is 1. The van der Waals surface area contributed by atoms with Gasteiger partial charge in [0.2, 0.25) is 17.7 Å². The van der Waals surface area contributed by atoms with Gasteiger partial charge in [0.25, 0.3) is 0 Å². The zero-order valence-electron chi connectivity index (χ0n) is 39.0. The van der Waals surface area contributed by atoms with Gasteiger partial charge in [-0.1, -0.05) is 35.5 Å². The number of ether oxygens (including phenoxy) is 3. The van der Waals surface area contributed by atoms with E-state index in [1.165, 1.54) is 31.9 Å². The van der Waals surface area contributed by atoms with E-state index in [1.807, 2.05) is 6.07 Å². The number of nitrogens with zero attached hydrogens (tertiary/aromatic N) is 4. The SMILES string of the molecule is C[C@@H](O)[C@H](N)C(=O)NCCC(=O)OC[C@H](COc1ccc(-c2c(C#N)c(N)nc(SCc3coc(-c4ccc(Cl)cc4)n3)c2C#N)cc1)OC(=O)CCNC(=O)[C@@H](N)[C@@H](C)O.O=C(O)C(F)(F)F.O=C(O)C(F)(F)F. The molecule has 4 rings (SSSR count). The molecule has 0 fully saturated rings. The van der Waals surface area contributed by atoms with Gasteiger partial charge in [-0.15, -0.1) is 0 Å². The summed E-state index contributed by atoms with van der Waals surface area (Å²) >= 11 is 7.17. The molecule has 2 aromatic carbocycles. The topological polar surface area (TPSA) is 400 Å². The zero-order chi connectivity index (χ0) is 56.8. The van der Waals surface area contributed by atoms with Crippen LogP contribution in [0.15, 0.2) is 64.2 Å². The number of aromatic nitrogens is 2. The molecule has 2 heterocycles. The number of oxazole rings is 1. The normalized spacial score (nSPS) is 12.9. The number of esters is 2. The van der Waals surface area contributed by atoms with Crippen molar-refractivity contribution in [3.63, 3.8) is 0 Å². The third-order valence-electron chi connectivity index (χ3n) is 9.11. The highest BCUT2D eigenvalue weighted by Gasteiger charge is 2.39. The van der Waals surface area contributed by atoms with E-state index in [0.717, 1.165) is 5.56 Å². The van der Waals surface area contributed by atoms with Gasteiger partial charge in [0.1, 0.15) is 65.9 Å². The largest absolute Gasteiger partial charge is 0.490 e. The second-order valence-electron chi connectivity index (χ2n) is 14.9. The van der Waals surface area contributed by atoms with Gasteiger partial charge in [-0.05, 0) is 55.8 Å². The lowest BCUT2D eigenvalue weighted by molar-refractivity contribution is -0.193. The maximum Gasteiger partial charge on any atom is 0.490 e. The number of benzene rings is 2. The molecule has 406 valence electrons. The number of aliphatic carboxylic acids is 2. The molecule has 0 radical (unpaired) electrons. The number of aliphatic hydroxyl groups is 2. The maximum absolute atomic E-state index is 12.7. The van der Waals surface area contributed by atoms with Gasteiger partial charge in [0, 0.05) is 35.0 Å². The molecule has 0 saturated carbocycles. The van der Waals surface area contributed by atoms with Crippen molar-refractivity contribution in [3.05, 3.63) is 76.6 Å². The fraction of sp³-hybridized carbons (Fsp3) is 0.364. The fourth-order valence-electron chi connectivity index (χ4n) is 5.21. The number of nitrogens with two attached hydrogens (primary N) is 3. The van der Waals surface area contributed by atoms with Crippen LogP contribution in [0.4, 0.5) is 32.2 Å². The number of alkyl halides is 6. The van der Waals surface area contributed by atoms with Crippen molar-refractivity contribution in [2.45, 2.75) is 80.2 Å². The summed E-state index contributed by atoms with van der Waals surface area (Å²) in [6.07, 6.45) is -12.6. The smallest absolute Gasteiger partial charge is 0.490 e. The Labute approximate surface area is 429 Å². The monoisotopic (exact) mass is 1110 g/mol. The summed E-state index contributed by atoms with van der Waals surface area (Å²) < 4.78 is 85.7. The summed E-state index contributed by atoms with van der Waals surface area (Å²) in [6.45, 7) is 1.62. The maximum atomic E-state index is 12.7. The third-order valence-corrected chi connectivity index (χ3v) is 10.4. The first-order chi connectivity index (χ1) is 35.0. The number of carbonyl (C=O) groups excluding carboxylic acids is 4. The summed E-state index contributed by atoms with van der Waals surface area (Å²) in [4.78, 5) is 75.9. The van der Waals surface area contributed by atoms with Crippen LogP contribution >= 0.6 is 23.4 Å². The quantitative estimate of drug-likeness (QED) is 0.0328. The number of carboxylic acids is 2. The number of carbonyl (C=O) groups is 6. The van der Waals surface area contributed by atoms with E-state index in [0.29, 0.717) is 22.2 Å². The summed E-state index contributed by atoms with van der Waals surface area (Å²) in [5.74, 6) is -7.57. The van der Waals surface area contributed by atoms with E-state index >= 15 is 0 Å². The van der Waals surface area contributed by atoms with Gasteiger partial charge in [-0.25, -0.2) is 19.6 Å². The highest BCUT2D eigenvalue weighted by molar-refractivity contribution is 7.98. The number of hydrogen-bond donors (Lipinski definition) is 9. The lowest BCUT2D eigenvalue weighted by atomic mass is 9.97. The molecule has 2 aromatic heterocycles. The van der Waals surface area contributed by atoms with E-state index in [1.54, 1.807) is 48.5 Å². The van der Waals surface area contributed by atoms with Gasteiger partial charge in [0.05, 0.1) is 36.3 Å². The van der Waals surface area contributed by atoms with Gasteiger partial charge >= 0.3 is 36.2 Å². The summed E-state index contributed by atoms with van der Waals surface area (Å²) in [5.41, 5.74) is 19.5. The van der Waals surface area contributed by atoms with Crippen molar-refractivity contribution in [2.24, 2.45) is 11.5 Å². The molecule has 0 aliphatic rings. The minimum absolute atomic E-state index is 0.00997. The first kappa shape index (κ1) is 63.4. The van der Waals surface area contributed by atoms with Gasteiger partial charge in [-0.3, -0.25) is 19.2 Å². The number of aliphatic hydroxyl groups excluding tert-OH is 2. The molecule has 75 heavy (non-hydrogen) atoms. The van der Waals surface area contributed by atoms with Crippen LogP contribution in [0.2, 0.25) is 5.02 Å². The number of rotatable bonds is 21. The Balaban J connectivity index is 0.00000120. The Hall–Kier alpha value is -7.74. The van der Waals surface area contributed by atoms with Crippen molar-refractivity contribution < 1.29 is 94.2 Å². The van der Waals surface area contributed by atoms with Crippen LogP contribution in [0.5, 0.6) is 5.75 Å². The predicted octanol–water partition coefficient (Wildman–Crippen LogP) is 3.20. The Kier molecular flexibility index (Phi) is 25.2.